The lowest BCUT2D eigenvalue weighted by Gasteiger charge is -2.15. The van der Waals surface area contributed by atoms with E-state index in [1.807, 2.05) is 13.8 Å². The molecule has 1 N–H and O–H groups in total. The molecule has 1 amide bonds. The Morgan fingerprint density at radius 3 is 2.46 bits per heavy atom. The zero-order valence-corrected chi connectivity index (χ0v) is 16.3. The number of hydrogen-bond acceptors (Lipinski definition) is 5. The maximum absolute atomic E-state index is 12.4. The monoisotopic (exact) mass is 384 g/mol. The molecule has 8 heteroatoms. The summed E-state index contributed by atoms with van der Waals surface area (Å²) in [5, 5.41) is 2.75. The maximum Gasteiger partial charge on any atom is 0.257 e. The predicted molar refractivity (Wildman–Crippen MR) is 98.6 cm³/mol. The van der Waals surface area contributed by atoms with Crippen molar-refractivity contribution in [2.75, 3.05) is 32.8 Å². The summed E-state index contributed by atoms with van der Waals surface area (Å²) in [6.07, 6.45) is 2.73. The highest BCUT2D eigenvalue weighted by Gasteiger charge is 2.26. The Labute approximate surface area is 155 Å². The van der Waals surface area contributed by atoms with Crippen molar-refractivity contribution in [3.8, 4) is 5.75 Å². The van der Waals surface area contributed by atoms with Crippen LogP contribution < -0.4 is 10.1 Å². The zero-order valence-electron chi connectivity index (χ0n) is 15.4. The first-order valence-corrected chi connectivity index (χ1v) is 10.4. The van der Waals surface area contributed by atoms with Crippen molar-refractivity contribution in [1.82, 2.24) is 9.62 Å². The molecular formula is C18H28N2O5S. The van der Waals surface area contributed by atoms with Gasteiger partial charge in [-0.2, -0.15) is 4.31 Å². The third-order valence-corrected chi connectivity index (χ3v) is 5.90. The van der Waals surface area contributed by atoms with Gasteiger partial charge in [-0.15, -0.1) is 0 Å². The SMILES string of the molecule is CC(C)OCCCNC(=O)COc1ccc(S(=O)(=O)N2CCCC2)cc1. The fourth-order valence-corrected chi connectivity index (χ4v) is 4.12. The molecule has 146 valence electrons. The number of benzene rings is 1. The van der Waals surface area contributed by atoms with E-state index >= 15 is 0 Å². The Hall–Kier alpha value is -1.64. The van der Waals surface area contributed by atoms with Crippen molar-refractivity contribution < 1.29 is 22.7 Å². The second-order valence-corrected chi connectivity index (χ2v) is 8.43. The van der Waals surface area contributed by atoms with Crippen LogP contribution in [0.2, 0.25) is 0 Å². The number of sulfonamides is 1. The third kappa shape index (κ3) is 6.26. The Bertz CT molecular complexity index is 667. The standard InChI is InChI=1S/C18H28N2O5S/c1-15(2)24-13-5-10-19-18(21)14-25-16-6-8-17(9-7-16)26(22,23)20-11-3-4-12-20/h6-9,15H,3-5,10-14H2,1-2H3,(H,19,21). The topological polar surface area (TPSA) is 84.9 Å². The number of rotatable bonds is 10. The molecule has 1 saturated heterocycles. The van der Waals surface area contributed by atoms with Crippen molar-refractivity contribution in [2.24, 2.45) is 0 Å². The van der Waals surface area contributed by atoms with Crippen LogP contribution in [0.25, 0.3) is 0 Å². The molecule has 0 bridgehead atoms. The van der Waals surface area contributed by atoms with E-state index in [0.29, 0.717) is 32.0 Å². The van der Waals surface area contributed by atoms with E-state index < -0.39 is 10.0 Å². The van der Waals surface area contributed by atoms with Crippen LogP contribution in [0.5, 0.6) is 5.75 Å². The number of nitrogens with zero attached hydrogens (tertiary/aromatic N) is 1. The van der Waals surface area contributed by atoms with Crippen molar-refractivity contribution in [1.29, 1.82) is 0 Å². The molecule has 1 aliphatic heterocycles. The molecule has 2 rings (SSSR count). The van der Waals surface area contributed by atoms with Crippen LogP contribution in [0.3, 0.4) is 0 Å². The summed E-state index contributed by atoms with van der Waals surface area (Å²) in [6.45, 7) is 6.10. The molecule has 0 atom stereocenters. The van der Waals surface area contributed by atoms with E-state index in [1.165, 1.54) is 16.4 Å². The van der Waals surface area contributed by atoms with Crippen LogP contribution in [0.1, 0.15) is 33.1 Å². The minimum Gasteiger partial charge on any atom is -0.484 e. The Morgan fingerprint density at radius 1 is 1.19 bits per heavy atom. The summed E-state index contributed by atoms with van der Waals surface area (Å²) in [7, 11) is -3.42. The van der Waals surface area contributed by atoms with Gasteiger partial charge in [-0.05, 0) is 57.4 Å². The first kappa shape index (κ1) is 20.7. The molecular weight excluding hydrogens is 356 g/mol. The Morgan fingerprint density at radius 2 is 1.85 bits per heavy atom. The van der Waals surface area contributed by atoms with Gasteiger partial charge in [-0.1, -0.05) is 0 Å². The van der Waals surface area contributed by atoms with Crippen molar-refractivity contribution in [3.05, 3.63) is 24.3 Å². The number of carbonyl (C=O) groups is 1. The molecule has 1 aromatic carbocycles. The van der Waals surface area contributed by atoms with Crippen molar-refractivity contribution in [2.45, 2.75) is 44.1 Å². The zero-order chi connectivity index (χ0) is 19.0. The summed E-state index contributed by atoms with van der Waals surface area (Å²) in [4.78, 5) is 12.0. The highest BCUT2D eigenvalue weighted by atomic mass is 32.2. The highest BCUT2D eigenvalue weighted by molar-refractivity contribution is 7.89. The van der Waals surface area contributed by atoms with Crippen LogP contribution in [0, 0.1) is 0 Å². The lowest BCUT2D eigenvalue weighted by atomic mass is 10.3. The largest absolute Gasteiger partial charge is 0.484 e. The predicted octanol–water partition coefficient (Wildman–Crippen LogP) is 1.78. The molecule has 1 fully saturated rings. The molecule has 7 nitrogen and oxygen atoms in total. The van der Waals surface area contributed by atoms with Gasteiger partial charge in [0.05, 0.1) is 11.0 Å². The summed E-state index contributed by atoms with van der Waals surface area (Å²) in [5.74, 6) is 0.243. The van der Waals surface area contributed by atoms with E-state index in [1.54, 1.807) is 12.1 Å². The molecule has 0 spiro atoms. The fraction of sp³-hybridized carbons (Fsp3) is 0.611. The van der Waals surface area contributed by atoms with Gasteiger partial charge in [0, 0.05) is 26.2 Å². The average Bonchev–Trinajstić information content (AvgIpc) is 3.15. The number of nitrogens with one attached hydrogen (secondary N) is 1. The van der Waals surface area contributed by atoms with E-state index in [-0.39, 0.29) is 23.5 Å². The molecule has 0 radical (unpaired) electrons. The number of amides is 1. The highest BCUT2D eigenvalue weighted by Crippen LogP contribution is 2.22. The van der Waals surface area contributed by atoms with E-state index in [4.69, 9.17) is 9.47 Å². The lowest BCUT2D eigenvalue weighted by molar-refractivity contribution is -0.123. The molecule has 26 heavy (non-hydrogen) atoms. The van der Waals surface area contributed by atoms with E-state index in [9.17, 15) is 13.2 Å². The molecule has 0 unspecified atom stereocenters. The minimum absolute atomic E-state index is 0.108. The van der Waals surface area contributed by atoms with Gasteiger partial charge >= 0.3 is 0 Å². The molecule has 0 aromatic heterocycles. The smallest absolute Gasteiger partial charge is 0.257 e. The lowest BCUT2D eigenvalue weighted by Crippen LogP contribution is -2.30. The van der Waals surface area contributed by atoms with Crippen LogP contribution in [-0.2, 0) is 19.6 Å². The van der Waals surface area contributed by atoms with Gasteiger partial charge in [0.25, 0.3) is 5.91 Å². The van der Waals surface area contributed by atoms with Gasteiger partial charge < -0.3 is 14.8 Å². The van der Waals surface area contributed by atoms with E-state index in [0.717, 1.165) is 19.3 Å². The average molecular weight is 384 g/mol. The third-order valence-electron chi connectivity index (χ3n) is 3.99. The molecule has 1 heterocycles. The maximum atomic E-state index is 12.4. The first-order valence-electron chi connectivity index (χ1n) is 9.01. The molecule has 0 aliphatic carbocycles. The molecule has 0 saturated carbocycles. The second-order valence-electron chi connectivity index (χ2n) is 6.49. The van der Waals surface area contributed by atoms with Crippen molar-refractivity contribution >= 4 is 15.9 Å². The fourth-order valence-electron chi connectivity index (χ4n) is 2.60. The van der Waals surface area contributed by atoms with E-state index in [2.05, 4.69) is 5.32 Å². The number of hydrogen-bond donors (Lipinski definition) is 1. The van der Waals surface area contributed by atoms with Crippen LogP contribution >= 0.6 is 0 Å². The normalized spacial score (nSPS) is 15.3. The molecule has 1 aliphatic rings. The van der Waals surface area contributed by atoms with Crippen molar-refractivity contribution in [3.63, 3.8) is 0 Å². The first-order chi connectivity index (χ1) is 12.4. The Kier molecular flexibility index (Phi) is 7.86. The van der Waals surface area contributed by atoms with Crippen LogP contribution in [0.4, 0.5) is 0 Å². The summed E-state index contributed by atoms with van der Waals surface area (Å²) < 4.78 is 37.2. The van der Waals surface area contributed by atoms with Gasteiger partial charge in [-0.3, -0.25) is 4.79 Å². The van der Waals surface area contributed by atoms with Gasteiger partial charge in [-0.25, -0.2) is 8.42 Å². The summed E-state index contributed by atoms with van der Waals surface area (Å²) >= 11 is 0. The van der Waals surface area contributed by atoms with Gasteiger partial charge in [0.1, 0.15) is 5.75 Å². The van der Waals surface area contributed by atoms with Gasteiger partial charge in [0.2, 0.25) is 10.0 Å². The second kappa shape index (κ2) is 9.89. The minimum atomic E-state index is -3.42. The van der Waals surface area contributed by atoms with Gasteiger partial charge in [0.15, 0.2) is 6.61 Å². The summed E-state index contributed by atoms with van der Waals surface area (Å²) in [5.41, 5.74) is 0. The Balaban J connectivity index is 1.74. The van der Waals surface area contributed by atoms with Crippen LogP contribution in [0.15, 0.2) is 29.2 Å². The summed E-state index contributed by atoms with van der Waals surface area (Å²) in [6, 6.07) is 6.19. The quantitative estimate of drug-likeness (QED) is 0.622. The molecule has 1 aromatic rings. The number of ether oxygens (including phenoxy) is 2. The number of carbonyl (C=O) groups excluding carboxylic acids is 1. The van der Waals surface area contributed by atoms with Crippen LogP contribution in [-0.4, -0.2) is 57.6 Å².